The van der Waals surface area contributed by atoms with Crippen LogP contribution in [0.3, 0.4) is 0 Å². The minimum absolute atomic E-state index is 0.0315. The van der Waals surface area contributed by atoms with E-state index in [1.165, 1.54) is 20.3 Å². The number of ether oxygens (including phenoxy) is 4. The van der Waals surface area contributed by atoms with E-state index in [0.29, 0.717) is 133 Å². The van der Waals surface area contributed by atoms with Gasteiger partial charge in [-0.15, -0.1) is 0 Å². The molecule has 584 valence electrons. The zero-order chi connectivity index (χ0) is 80.9. The fourth-order valence-electron chi connectivity index (χ4n) is 12.7. The molecule has 0 aliphatic carbocycles. The van der Waals surface area contributed by atoms with Crippen LogP contribution in [0.4, 0.5) is 52.0 Å². The normalized spacial score (nSPS) is 12.3. The lowest BCUT2D eigenvalue weighted by atomic mass is 10.1. The van der Waals surface area contributed by atoms with Crippen LogP contribution in [0.5, 0.6) is 23.0 Å². The molecule has 26 nitrogen and oxygen atoms in total. The number of phenolic OH excluding ortho intramolecular Hbond substituents is 2. The monoisotopic (exact) mass is 1580 g/mol. The summed E-state index contributed by atoms with van der Waals surface area (Å²) in [6, 6.07) is 37.0. The maximum absolute atomic E-state index is 13.3. The summed E-state index contributed by atoms with van der Waals surface area (Å²) >= 11 is 3.33. The number of anilines is 9. The van der Waals surface area contributed by atoms with Crippen LogP contribution in [0, 0.1) is 0 Å². The Balaban J connectivity index is 0.000000171. The van der Waals surface area contributed by atoms with Crippen molar-refractivity contribution in [2.24, 2.45) is 0 Å². The molecule has 0 radical (unpaired) electrons. The second-order valence-electron chi connectivity index (χ2n) is 25.6. The van der Waals surface area contributed by atoms with Crippen LogP contribution in [-0.2, 0) is 54.4 Å². The summed E-state index contributed by atoms with van der Waals surface area (Å²) in [6.45, 7) is 16.6. The van der Waals surface area contributed by atoms with E-state index in [4.69, 9.17) is 19.3 Å². The summed E-state index contributed by atoms with van der Waals surface area (Å²) in [5.41, 5.74) is 11.2. The number of carboxylic acid groups (broad SMARTS) is 1. The van der Waals surface area contributed by atoms with Gasteiger partial charge in [0.05, 0.1) is 77.9 Å². The second kappa shape index (κ2) is 39.3. The number of aromatic hydroxyl groups is 2. The number of hydrogen-bond donors (Lipinski definition) is 4. The van der Waals surface area contributed by atoms with Crippen LogP contribution in [0.25, 0.3) is 0 Å². The lowest BCUT2D eigenvalue weighted by molar-refractivity contribution is 0.0591. The average Bonchev–Trinajstić information content (AvgIpc) is 1.63. The Morgan fingerprint density at radius 3 is 1.11 bits per heavy atom. The molecule has 9 heterocycles. The van der Waals surface area contributed by atoms with E-state index in [1.807, 2.05) is 130 Å². The number of nitrogens with zero attached hydrogens (tertiary/aromatic N) is 12. The number of phenols is 2. The Bertz CT molecular complexity index is 5050. The minimum Gasteiger partial charge on any atom is -0.508 e. The summed E-state index contributed by atoms with van der Waals surface area (Å²) in [4.78, 5) is 111. The molecular formula is C85H93BrN12O14. The number of fused-ring (bicyclic) bond motifs is 6. The first-order chi connectivity index (χ1) is 54.0. The number of rotatable bonds is 20. The molecule has 0 atom stereocenters. The number of amides is 3. The molecule has 10 aromatic rings. The first kappa shape index (κ1) is 83.7. The van der Waals surface area contributed by atoms with Crippen molar-refractivity contribution in [1.82, 2.24) is 29.9 Å². The van der Waals surface area contributed by atoms with Crippen LogP contribution in [0.1, 0.15) is 150 Å². The molecule has 3 amide bonds. The Hall–Kier alpha value is -12.4. The highest BCUT2D eigenvalue weighted by atomic mass is 79.9. The highest BCUT2D eigenvalue weighted by Crippen LogP contribution is 2.41. The number of esters is 2. The predicted octanol–water partition coefficient (Wildman–Crippen LogP) is 14.5. The number of carbonyl (C=O) groups excluding carboxylic acids is 5. The number of halogens is 1. The van der Waals surface area contributed by atoms with Crippen molar-refractivity contribution >= 4 is 104 Å². The average molecular weight is 1590 g/mol. The summed E-state index contributed by atoms with van der Waals surface area (Å²) in [5.74, 6) is 3.86. The molecule has 3 aliphatic rings. The first-order valence-corrected chi connectivity index (χ1v) is 37.6. The van der Waals surface area contributed by atoms with Gasteiger partial charge in [-0.05, 0) is 219 Å². The standard InChI is InChI=1S/C26H28N4O4.C25H26N4O4.C16H18N4O2.C10H12O3.C8H9BrO/c1-5-18-15-19(26(32)33-4)9-10-22(18)34-13-11-17-14-20-23(28-16-17)30(6-2)24-21(8-7-12-27-24)29(3)25(20)31;1-4-17-14-18(25(31)32)8-9-21(17)33-12-10-16-13-19-22(27-15-16)29(5-2)23-20(7-6-11-26-23)28(3)24(19)30;1-3-20-14-12(9-11(6-8-21)10-18-14)16(22)19(2)13-5-4-7-17-15(13)20;1-3-7-6-8(10(12)13-2)4-5-9(7)11;1-2-6-5-7(9)3-4-8(6)10/h7-10,12,14-16H,5-6,11,13H2,1-4H3;6-9,11,13-15H,4-5,10,12H2,1-3H3,(H,31,32);4-5,7,9-10,21H,3,6,8H2,1-2H3;4-6,11H,3H2,1-2H3;3-5,10H,2H2,1H3. The third kappa shape index (κ3) is 19.4. The van der Waals surface area contributed by atoms with Gasteiger partial charge in [0.1, 0.15) is 40.5 Å². The molecule has 112 heavy (non-hydrogen) atoms. The van der Waals surface area contributed by atoms with Gasteiger partial charge < -0.3 is 68.8 Å². The van der Waals surface area contributed by atoms with Crippen molar-refractivity contribution in [3.8, 4) is 23.0 Å². The van der Waals surface area contributed by atoms with E-state index in [9.17, 15) is 44.1 Å². The molecular weight excluding hydrogens is 1490 g/mol. The number of aliphatic hydroxyl groups excluding tert-OH is 1. The Morgan fingerprint density at radius 2 is 0.759 bits per heavy atom. The van der Waals surface area contributed by atoms with Gasteiger partial charge in [-0.25, -0.2) is 44.3 Å². The summed E-state index contributed by atoms with van der Waals surface area (Å²) in [5, 5.41) is 36.8. The number of carbonyl (C=O) groups is 6. The number of aliphatic hydroxyl groups is 1. The maximum Gasteiger partial charge on any atom is 0.337 e. The Kier molecular flexibility index (Phi) is 29.4. The number of aromatic nitrogens is 6. The molecule has 0 saturated heterocycles. The van der Waals surface area contributed by atoms with Crippen LogP contribution in [0.15, 0.2) is 169 Å². The minimum atomic E-state index is -0.958. The lowest BCUT2D eigenvalue weighted by Gasteiger charge is -2.22. The van der Waals surface area contributed by atoms with Gasteiger partial charge in [-0.3, -0.25) is 14.4 Å². The van der Waals surface area contributed by atoms with Gasteiger partial charge in [0, 0.05) is 102 Å². The molecule has 0 unspecified atom stereocenters. The van der Waals surface area contributed by atoms with Gasteiger partial charge in [-0.2, -0.15) is 0 Å². The van der Waals surface area contributed by atoms with Crippen molar-refractivity contribution in [1.29, 1.82) is 0 Å². The molecule has 13 rings (SSSR count). The zero-order valence-electron chi connectivity index (χ0n) is 64.9. The molecule has 27 heteroatoms. The molecule has 0 bridgehead atoms. The van der Waals surface area contributed by atoms with E-state index in [1.54, 1.807) is 128 Å². The number of methoxy groups -OCH3 is 2. The van der Waals surface area contributed by atoms with E-state index < -0.39 is 5.97 Å². The largest absolute Gasteiger partial charge is 0.508 e. The number of hydrogen-bond acceptors (Lipinski definition) is 22. The number of carboxylic acids is 1. The lowest BCUT2D eigenvalue weighted by Crippen LogP contribution is -2.25. The van der Waals surface area contributed by atoms with Crippen LogP contribution in [-0.4, -0.2) is 161 Å². The van der Waals surface area contributed by atoms with Crippen molar-refractivity contribution in [2.45, 2.75) is 93.4 Å². The Labute approximate surface area is 660 Å². The molecule has 0 fully saturated rings. The molecule has 4 aromatic carbocycles. The molecule has 6 aromatic heterocycles. The molecule has 3 aliphatic heterocycles. The maximum atomic E-state index is 13.3. The smallest absolute Gasteiger partial charge is 0.337 e. The highest BCUT2D eigenvalue weighted by molar-refractivity contribution is 9.10. The van der Waals surface area contributed by atoms with Crippen molar-refractivity contribution in [3.05, 3.63) is 241 Å². The quantitative estimate of drug-likeness (QED) is 0.0515. The van der Waals surface area contributed by atoms with Crippen LogP contribution < -0.4 is 38.9 Å². The first-order valence-electron chi connectivity index (χ1n) is 36.8. The van der Waals surface area contributed by atoms with E-state index in [0.717, 1.165) is 84.9 Å². The van der Waals surface area contributed by atoms with Crippen LogP contribution >= 0.6 is 15.9 Å². The molecule has 0 spiro atoms. The molecule has 0 saturated carbocycles. The number of benzene rings is 4. The van der Waals surface area contributed by atoms with Crippen LogP contribution in [0.2, 0.25) is 0 Å². The summed E-state index contributed by atoms with van der Waals surface area (Å²) in [6.07, 6.45) is 15.0. The van der Waals surface area contributed by atoms with E-state index >= 15 is 0 Å². The second-order valence-corrected chi connectivity index (χ2v) is 26.6. The zero-order valence-corrected chi connectivity index (χ0v) is 66.5. The van der Waals surface area contributed by atoms with Gasteiger partial charge in [0.2, 0.25) is 0 Å². The Morgan fingerprint density at radius 1 is 0.420 bits per heavy atom. The van der Waals surface area contributed by atoms with Gasteiger partial charge in [0.15, 0.2) is 17.5 Å². The van der Waals surface area contributed by atoms with Gasteiger partial charge in [0.25, 0.3) is 17.7 Å². The van der Waals surface area contributed by atoms with Crippen molar-refractivity contribution < 1.29 is 68.1 Å². The van der Waals surface area contributed by atoms with Crippen molar-refractivity contribution in [2.75, 3.05) is 104 Å². The van der Waals surface area contributed by atoms with Gasteiger partial charge >= 0.3 is 17.9 Å². The number of pyridine rings is 6. The highest BCUT2D eigenvalue weighted by Gasteiger charge is 2.34. The summed E-state index contributed by atoms with van der Waals surface area (Å²) in [7, 11) is 7.94. The fraction of sp³-hybridized carbons (Fsp3) is 0.294. The van der Waals surface area contributed by atoms with E-state index in [2.05, 4.69) is 50.6 Å². The number of aromatic carboxylic acids is 1. The summed E-state index contributed by atoms with van der Waals surface area (Å²) < 4.78 is 22.3. The number of aryl methyl sites for hydroxylation is 4. The SMILES string of the molecule is CCN1c2ncc(CCO)cc2C(=O)N(C)c2cccnc21.CCc1cc(Br)ccc1O.CCc1cc(C(=O)O)ccc1OCCc1cnc2c(c1)C(=O)N(C)c1cccnc1N2CC.CCc1cc(C(=O)OC)ccc1O.CCc1cc(C(=O)OC)ccc1OCCc1cnc2c(c1)C(=O)N(C)c1cccnc1N2CC. The predicted molar refractivity (Wildman–Crippen MR) is 435 cm³/mol. The van der Waals surface area contributed by atoms with E-state index in [-0.39, 0.29) is 47.6 Å². The van der Waals surface area contributed by atoms with Crippen molar-refractivity contribution in [3.63, 3.8) is 0 Å². The molecule has 4 N–H and O–H groups in total. The fourth-order valence-corrected chi connectivity index (χ4v) is 13.1. The third-order valence-electron chi connectivity index (χ3n) is 18.8. The topological polar surface area (TPSA) is 317 Å². The van der Waals surface area contributed by atoms with Gasteiger partial charge in [-0.1, -0.05) is 43.6 Å². The third-order valence-corrected chi connectivity index (χ3v) is 19.3.